The van der Waals surface area contributed by atoms with E-state index in [-0.39, 0.29) is 0 Å². The first-order chi connectivity index (χ1) is 7.63. The van der Waals surface area contributed by atoms with Crippen molar-refractivity contribution in [3.8, 4) is 0 Å². The number of rotatable bonds is 1. The third kappa shape index (κ3) is 1.99. The van der Waals surface area contributed by atoms with Gasteiger partial charge in [-0.05, 0) is 57.6 Å². The Morgan fingerprint density at radius 3 is 1.56 bits per heavy atom. The van der Waals surface area contributed by atoms with Crippen molar-refractivity contribution >= 4 is 0 Å². The van der Waals surface area contributed by atoms with Gasteiger partial charge in [0.2, 0.25) is 0 Å². The standard InChI is InChI=1S/C16H26/c1-11-12(2)14(4)16(13(11)3)15-9-7-5-6-8-10-15/h15-16H,5-10H2,1-4H3. The lowest BCUT2D eigenvalue weighted by atomic mass is 9.79. The molecule has 0 aliphatic heterocycles. The van der Waals surface area contributed by atoms with Gasteiger partial charge in [-0.15, -0.1) is 0 Å². The molecule has 1 saturated carbocycles. The molecule has 0 heteroatoms. The quantitative estimate of drug-likeness (QED) is 0.527. The van der Waals surface area contributed by atoms with Crippen molar-refractivity contribution in [2.24, 2.45) is 11.8 Å². The molecule has 16 heavy (non-hydrogen) atoms. The second kappa shape index (κ2) is 4.77. The van der Waals surface area contributed by atoms with Gasteiger partial charge in [0.1, 0.15) is 0 Å². The van der Waals surface area contributed by atoms with Crippen LogP contribution in [0, 0.1) is 11.8 Å². The Morgan fingerprint density at radius 2 is 1.12 bits per heavy atom. The van der Waals surface area contributed by atoms with E-state index in [1.54, 1.807) is 22.3 Å². The van der Waals surface area contributed by atoms with Crippen molar-refractivity contribution in [2.75, 3.05) is 0 Å². The molecule has 0 aromatic rings. The zero-order valence-corrected chi connectivity index (χ0v) is 11.4. The van der Waals surface area contributed by atoms with E-state index in [2.05, 4.69) is 27.7 Å². The predicted octanol–water partition coefficient (Wildman–Crippen LogP) is 5.26. The fourth-order valence-corrected chi connectivity index (χ4v) is 3.73. The zero-order chi connectivity index (χ0) is 11.7. The molecule has 0 radical (unpaired) electrons. The molecule has 0 atom stereocenters. The lowest BCUT2D eigenvalue weighted by Crippen LogP contribution is -2.15. The van der Waals surface area contributed by atoms with Crippen LogP contribution in [-0.2, 0) is 0 Å². The molecule has 0 nitrogen and oxygen atoms in total. The van der Waals surface area contributed by atoms with E-state index >= 15 is 0 Å². The lowest BCUT2D eigenvalue weighted by molar-refractivity contribution is 0.376. The van der Waals surface area contributed by atoms with Gasteiger partial charge in [0.25, 0.3) is 0 Å². The van der Waals surface area contributed by atoms with Crippen molar-refractivity contribution in [1.82, 2.24) is 0 Å². The fourth-order valence-electron chi connectivity index (χ4n) is 3.73. The highest BCUT2D eigenvalue weighted by Crippen LogP contribution is 2.44. The molecule has 0 heterocycles. The summed E-state index contributed by atoms with van der Waals surface area (Å²) >= 11 is 0. The second-order valence-electron chi connectivity index (χ2n) is 5.85. The number of hydrogen-bond acceptors (Lipinski definition) is 0. The highest BCUT2D eigenvalue weighted by atomic mass is 14.4. The number of hydrogen-bond donors (Lipinski definition) is 0. The highest BCUT2D eigenvalue weighted by Gasteiger charge is 2.31. The minimum Gasteiger partial charge on any atom is -0.0627 e. The topological polar surface area (TPSA) is 0 Å². The monoisotopic (exact) mass is 218 g/mol. The van der Waals surface area contributed by atoms with Crippen LogP contribution in [0.2, 0.25) is 0 Å². The third-order valence-corrected chi connectivity index (χ3v) is 5.05. The average molecular weight is 218 g/mol. The minimum atomic E-state index is 0.790. The Balaban J connectivity index is 2.20. The van der Waals surface area contributed by atoms with E-state index in [4.69, 9.17) is 0 Å². The molecular weight excluding hydrogens is 192 g/mol. The van der Waals surface area contributed by atoms with Crippen molar-refractivity contribution in [3.05, 3.63) is 22.3 Å². The summed E-state index contributed by atoms with van der Waals surface area (Å²) in [6.45, 7) is 9.35. The van der Waals surface area contributed by atoms with E-state index in [0.29, 0.717) is 0 Å². The van der Waals surface area contributed by atoms with Crippen LogP contribution in [0.15, 0.2) is 22.3 Å². The summed E-state index contributed by atoms with van der Waals surface area (Å²) in [5.74, 6) is 1.73. The van der Waals surface area contributed by atoms with Crippen LogP contribution < -0.4 is 0 Å². The molecule has 1 fully saturated rings. The highest BCUT2D eigenvalue weighted by molar-refractivity contribution is 5.46. The van der Waals surface area contributed by atoms with E-state index < -0.39 is 0 Å². The van der Waals surface area contributed by atoms with Crippen LogP contribution in [0.3, 0.4) is 0 Å². The smallest absolute Gasteiger partial charge is 0.00413 e. The van der Waals surface area contributed by atoms with Gasteiger partial charge < -0.3 is 0 Å². The van der Waals surface area contributed by atoms with E-state index in [9.17, 15) is 0 Å². The maximum absolute atomic E-state index is 2.37. The van der Waals surface area contributed by atoms with Crippen LogP contribution >= 0.6 is 0 Å². The summed E-state index contributed by atoms with van der Waals surface area (Å²) in [6, 6.07) is 0. The summed E-state index contributed by atoms with van der Waals surface area (Å²) in [6.07, 6.45) is 8.76. The maximum Gasteiger partial charge on any atom is 0.00413 e. The van der Waals surface area contributed by atoms with E-state index in [1.165, 1.54) is 38.5 Å². The molecule has 2 aliphatic carbocycles. The molecule has 0 unspecified atom stereocenters. The second-order valence-corrected chi connectivity index (χ2v) is 5.85. The number of allylic oxidation sites excluding steroid dienone is 4. The van der Waals surface area contributed by atoms with Gasteiger partial charge in [0.15, 0.2) is 0 Å². The van der Waals surface area contributed by atoms with E-state index in [0.717, 1.165) is 11.8 Å². The van der Waals surface area contributed by atoms with Gasteiger partial charge in [0.05, 0.1) is 0 Å². The summed E-state index contributed by atoms with van der Waals surface area (Å²) in [5.41, 5.74) is 6.49. The fraction of sp³-hybridized carbons (Fsp3) is 0.750. The molecule has 0 aromatic carbocycles. The van der Waals surface area contributed by atoms with Crippen molar-refractivity contribution in [3.63, 3.8) is 0 Å². The Hall–Kier alpha value is -0.520. The van der Waals surface area contributed by atoms with Gasteiger partial charge in [-0.1, -0.05) is 36.8 Å². The lowest BCUT2D eigenvalue weighted by Gasteiger charge is -2.25. The first-order valence-corrected chi connectivity index (χ1v) is 6.98. The van der Waals surface area contributed by atoms with Crippen molar-refractivity contribution < 1.29 is 0 Å². The summed E-state index contributed by atoms with van der Waals surface area (Å²) < 4.78 is 0. The van der Waals surface area contributed by atoms with Gasteiger partial charge in [-0.2, -0.15) is 0 Å². The molecule has 0 bridgehead atoms. The van der Waals surface area contributed by atoms with Gasteiger partial charge >= 0.3 is 0 Å². The first kappa shape index (κ1) is 12.0. The minimum absolute atomic E-state index is 0.790. The van der Waals surface area contributed by atoms with Gasteiger partial charge in [0, 0.05) is 5.92 Å². The normalized spacial score (nSPS) is 25.5. The third-order valence-electron chi connectivity index (χ3n) is 5.05. The molecule has 90 valence electrons. The Morgan fingerprint density at radius 1 is 0.688 bits per heavy atom. The summed E-state index contributed by atoms with van der Waals surface area (Å²) in [7, 11) is 0. The van der Waals surface area contributed by atoms with Crippen LogP contribution in [-0.4, -0.2) is 0 Å². The Kier molecular flexibility index (Phi) is 3.56. The first-order valence-electron chi connectivity index (χ1n) is 6.98. The Labute approximate surface area is 101 Å². The van der Waals surface area contributed by atoms with Crippen LogP contribution in [0.5, 0.6) is 0 Å². The predicted molar refractivity (Wildman–Crippen MR) is 71.4 cm³/mol. The summed E-state index contributed by atoms with van der Waals surface area (Å²) in [5, 5.41) is 0. The average Bonchev–Trinajstić information content (AvgIpc) is 2.54. The molecule has 0 N–H and O–H groups in total. The molecule has 0 aromatic heterocycles. The van der Waals surface area contributed by atoms with Crippen LogP contribution in [0.25, 0.3) is 0 Å². The maximum atomic E-state index is 2.37. The van der Waals surface area contributed by atoms with Crippen LogP contribution in [0.4, 0.5) is 0 Å². The molecule has 0 saturated heterocycles. The SMILES string of the molecule is CC1=C(C)C(C2CCCCCC2)C(C)=C1C. The van der Waals surface area contributed by atoms with Crippen LogP contribution in [0.1, 0.15) is 66.2 Å². The molecule has 0 amide bonds. The summed E-state index contributed by atoms with van der Waals surface area (Å²) in [4.78, 5) is 0. The van der Waals surface area contributed by atoms with E-state index in [1.807, 2.05) is 0 Å². The van der Waals surface area contributed by atoms with Crippen molar-refractivity contribution in [1.29, 1.82) is 0 Å². The van der Waals surface area contributed by atoms with Crippen molar-refractivity contribution in [2.45, 2.75) is 66.2 Å². The zero-order valence-electron chi connectivity index (χ0n) is 11.4. The van der Waals surface area contributed by atoms with Gasteiger partial charge in [-0.3, -0.25) is 0 Å². The molecule has 2 aliphatic rings. The van der Waals surface area contributed by atoms with Gasteiger partial charge in [-0.25, -0.2) is 0 Å². The molecule has 0 spiro atoms. The Bertz CT molecular complexity index is 298. The molecular formula is C16H26. The largest absolute Gasteiger partial charge is 0.0627 e. The molecule has 2 rings (SSSR count).